The number of para-hydroxylation sites is 1. The topological polar surface area (TPSA) is 87.7 Å². The number of hydrogen-bond donors (Lipinski definition) is 3. The largest absolute Gasteiger partial charge is 0.457 e. The predicted octanol–water partition coefficient (Wildman–Crippen LogP) is 1.09. The van der Waals surface area contributed by atoms with E-state index >= 15 is 0 Å². The highest BCUT2D eigenvalue weighted by Gasteiger charge is 2.29. The summed E-state index contributed by atoms with van der Waals surface area (Å²) >= 11 is 0. The number of aliphatic hydroxyl groups is 1. The molecule has 1 aliphatic rings. The third-order valence-corrected chi connectivity index (χ3v) is 5.11. The monoisotopic (exact) mass is 334 g/mol. The minimum Gasteiger partial charge on any atom is -0.457 e. The lowest BCUT2D eigenvalue weighted by atomic mass is 10.2. The summed E-state index contributed by atoms with van der Waals surface area (Å²) in [5.74, 6) is 1.24. The molecule has 2 aromatic carbocycles. The number of nitrogens with one attached hydrogen (secondary N) is 2. The smallest absolute Gasteiger partial charge is 0.240 e. The van der Waals surface area contributed by atoms with Crippen molar-refractivity contribution in [2.75, 3.05) is 13.1 Å². The molecule has 23 heavy (non-hydrogen) atoms. The van der Waals surface area contributed by atoms with Gasteiger partial charge in [-0.1, -0.05) is 18.2 Å². The maximum absolute atomic E-state index is 12.3. The van der Waals surface area contributed by atoms with E-state index in [1.165, 1.54) is 12.1 Å². The fraction of sp³-hybridized carbons (Fsp3) is 0.250. The normalized spacial score (nSPS) is 21.3. The first-order valence-electron chi connectivity index (χ1n) is 7.29. The molecular formula is C16H18N2O4S. The molecule has 6 nitrogen and oxygen atoms in total. The van der Waals surface area contributed by atoms with E-state index in [1.54, 1.807) is 12.1 Å². The maximum atomic E-state index is 12.3. The Bertz CT molecular complexity index is 747. The van der Waals surface area contributed by atoms with Crippen molar-refractivity contribution in [1.82, 2.24) is 10.0 Å². The molecule has 2 aromatic rings. The summed E-state index contributed by atoms with van der Waals surface area (Å²) in [6.45, 7) is 0.798. The summed E-state index contributed by atoms with van der Waals surface area (Å²) in [6.07, 6.45) is -0.717. The van der Waals surface area contributed by atoms with Crippen LogP contribution in [0.2, 0.25) is 0 Å². The first-order chi connectivity index (χ1) is 11.0. The summed E-state index contributed by atoms with van der Waals surface area (Å²) in [6, 6.07) is 14.9. The highest BCUT2D eigenvalue weighted by atomic mass is 32.2. The Kier molecular flexibility index (Phi) is 4.63. The van der Waals surface area contributed by atoms with Gasteiger partial charge in [-0.2, -0.15) is 0 Å². The minimum absolute atomic E-state index is 0.136. The molecule has 1 saturated heterocycles. The van der Waals surface area contributed by atoms with Gasteiger partial charge < -0.3 is 15.2 Å². The minimum atomic E-state index is -3.67. The molecule has 1 aliphatic heterocycles. The molecule has 3 N–H and O–H groups in total. The summed E-state index contributed by atoms with van der Waals surface area (Å²) < 4.78 is 32.8. The molecule has 7 heteroatoms. The van der Waals surface area contributed by atoms with Gasteiger partial charge in [-0.15, -0.1) is 0 Å². The number of ether oxygens (including phenoxy) is 1. The van der Waals surface area contributed by atoms with Crippen molar-refractivity contribution in [3.05, 3.63) is 54.6 Å². The van der Waals surface area contributed by atoms with Crippen LogP contribution in [0.15, 0.2) is 59.5 Å². The zero-order valence-electron chi connectivity index (χ0n) is 12.3. The third-order valence-electron chi connectivity index (χ3n) is 3.60. The SMILES string of the molecule is O=S(=O)(N[C@@H]1CNC[C@H]1O)c1ccc(Oc2ccccc2)cc1. The second-order valence-corrected chi connectivity index (χ2v) is 7.05. The Labute approximate surface area is 135 Å². The van der Waals surface area contributed by atoms with Crippen molar-refractivity contribution in [3.8, 4) is 11.5 Å². The van der Waals surface area contributed by atoms with Gasteiger partial charge in [-0.05, 0) is 36.4 Å². The number of hydrogen-bond acceptors (Lipinski definition) is 5. The van der Waals surface area contributed by atoms with Gasteiger partial charge in [0, 0.05) is 13.1 Å². The lowest BCUT2D eigenvalue weighted by Gasteiger charge is -2.15. The molecular weight excluding hydrogens is 316 g/mol. The van der Waals surface area contributed by atoms with Gasteiger partial charge in [0.25, 0.3) is 0 Å². The van der Waals surface area contributed by atoms with Crippen LogP contribution >= 0.6 is 0 Å². The van der Waals surface area contributed by atoms with Gasteiger partial charge in [-0.3, -0.25) is 0 Å². The van der Waals surface area contributed by atoms with E-state index < -0.39 is 22.2 Å². The van der Waals surface area contributed by atoms with Crippen LogP contribution < -0.4 is 14.8 Å². The van der Waals surface area contributed by atoms with E-state index in [1.807, 2.05) is 30.3 Å². The van der Waals surface area contributed by atoms with Crippen molar-refractivity contribution in [2.45, 2.75) is 17.0 Å². The number of rotatable bonds is 5. The number of β-amino-alcohol motifs (C(OH)–C–C–N with tert-alkyl or cyclic N) is 1. The number of benzene rings is 2. The van der Waals surface area contributed by atoms with Crippen molar-refractivity contribution in [2.24, 2.45) is 0 Å². The van der Waals surface area contributed by atoms with Crippen LogP contribution in [0.4, 0.5) is 0 Å². The standard InChI is InChI=1S/C16H18N2O4S/c19-16-11-17-10-15(16)18-23(20,21)14-8-6-13(7-9-14)22-12-4-2-1-3-5-12/h1-9,15-19H,10-11H2/t15-,16-/m1/s1. The molecule has 122 valence electrons. The predicted molar refractivity (Wildman–Crippen MR) is 85.9 cm³/mol. The van der Waals surface area contributed by atoms with E-state index in [0.717, 1.165) is 0 Å². The van der Waals surface area contributed by atoms with Crippen LogP contribution in [0.3, 0.4) is 0 Å². The Morgan fingerprint density at radius 2 is 1.65 bits per heavy atom. The van der Waals surface area contributed by atoms with Crippen LogP contribution in [0.5, 0.6) is 11.5 Å². The molecule has 2 atom stereocenters. The maximum Gasteiger partial charge on any atom is 0.240 e. The fourth-order valence-electron chi connectivity index (χ4n) is 2.36. The number of sulfonamides is 1. The highest BCUT2D eigenvalue weighted by molar-refractivity contribution is 7.89. The van der Waals surface area contributed by atoms with Crippen LogP contribution in [0.25, 0.3) is 0 Å². The van der Waals surface area contributed by atoms with E-state index in [0.29, 0.717) is 24.6 Å². The summed E-state index contributed by atoms with van der Waals surface area (Å²) in [5, 5.41) is 12.6. The van der Waals surface area contributed by atoms with Gasteiger partial charge in [0.1, 0.15) is 11.5 Å². The zero-order valence-corrected chi connectivity index (χ0v) is 13.2. The lowest BCUT2D eigenvalue weighted by molar-refractivity contribution is 0.173. The summed E-state index contributed by atoms with van der Waals surface area (Å²) in [4.78, 5) is 0.136. The Morgan fingerprint density at radius 3 is 2.26 bits per heavy atom. The Morgan fingerprint density at radius 1 is 1.00 bits per heavy atom. The molecule has 0 unspecified atom stereocenters. The van der Waals surface area contributed by atoms with Crippen LogP contribution in [-0.2, 0) is 10.0 Å². The van der Waals surface area contributed by atoms with E-state index in [9.17, 15) is 13.5 Å². The van der Waals surface area contributed by atoms with Crippen LogP contribution in [0, 0.1) is 0 Å². The number of aliphatic hydroxyl groups excluding tert-OH is 1. The van der Waals surface area contributed by atoms with Gasteiger partial charge in [-0.25, -0.2) is 13.1 Å². The fourth-order valence-corrected chi connectivity index (χ4v) is 3.63. The van der Waals surface area contributed by atoms with Gasteiger partial charge in [0.05, 0.1) is 17.0 Å². The zero-order chi connectivity index (χ0) is 16.3. The van der Waals surface area contributed by atoms with Crippen molar-refractivity contribution in [1.29, 1.82) is 0 Å². The molecule has 1 fully saturated rings. The second kappa shape index (κ2) is 6.67. The first-order valence-corrected chi connectivity index (χ1v) is 8.77. The van der Waals surface area contributed by atoms with Crippen LogP contribution in [0.1, 0.15) is 0 Å². The quantitative estimate of drug-likeness (QED) is 0.762. The summed E-state index contributed by atoms with van der Waals surface area (Å²) in [7, 11) is -3.67. The van der Waals surface area contributed by atoms with E-state index in [4.69, 9.17) is 4.74 Å². The molecule has 0 saturated carbocycles. The van der Waals surface area contributed by atoms with E-state index in [2.05, 4.69) is 10.0 Å². The Hall–Kier alpha value is -1.93. The first kappa shape index (κ1) is 15.9. The van der Waals surface area contributed by atoms with Crippen LogP contribution in [-0.4, -0.2) is 38.8 Å². The summed E-state index contributed by atoms with van der Waals surface area (Å²) in [5.41, 5.74) is 0. The highest BCUT2D eigenvalue weighted by Crippen LogP contribution is 2.22. The second-order valence-electron chi connectivity index (χ2n) is 5.34. The van der Waals surface area contributed by atoms with Gasteiger partial charge >= 0.3 is 0 Å². The van der Waals surface area contributed by atoms with Crippen molar-refractivity contribution >= 4 is 10.0 Å². The van der Waals surface area contributed by atoms with Gasteiger partial charge in [0.15, 0.2) is 0 Å². The molecule has 1 heterocycles. The molecule has 0 aliphatic carbocycles. The molecule has 3 rings (SSSR count). The molecule has 0 radical (unpaired) electrons. The van der Waals surface area contributed by atoms with Crippen molar-refractivity contribution in [3.63, 3.8) is 0 Å². The Balaban J connectivity index is 1.71. The average Bonchev–Trinajstić information content (AvgIpc) is 2.93. The lowest BCUT2D eigenvalue weighted by Crippen LogP contribution is -2.42. The molecule has 0 amide bonds. The molecule has 0 bridgehead atoms. The molecule has 0 aromatic heterocycles. The average molecular weight is 334 g/mol. The molecule has 0 spiro atoms. The van der Waals surface area contributed by atoms with Crippen molar-refractivity contribution < 1.29 is 18.3 Å². The van der Waals surface area contributed by atoms with Gasteiger partial charge in [0.2, 0.25) is 10.0 Å². The third kappa shape index (κ3) is 3.89. The van der Waals surface area contributed by atoms with E-state index in [-0.39, 0.29) is 4.90 Å².